The van der Waals surface area contributed by atoms with Gasteiger partial charge in [0.25, 0.3) is 0 Å². The van der Waals surface area contributed by atoms with E-state index in [2.05, 4.69) is 6.07 Å². The van der Waals surface area contributed by atoms with Crippen LogP contribution in [0.3, 0.4) is 0 Å². The molecule has 4 rings (SSSR count). The highest BCUT2D eigenvalue weighted by Crippen LogP contribution is 2.33. The Labute approximate surface area is 167 Å². The van der Waals surface area contributed by atoms with Gasteiger partial charge in [0.2, 0.25) is 11.8 Å². The summed E-state index contributed by atoms with van der Waals surface area (Å²) >= 11 is 1.75. The highest BCUT2D eigenvalue weighted by atomic mass is 32.1. The number of amides is 4. The number of piperidine rings is 1. The molecule has 2 saturated heterocycles. The average Bonchev–Trinajstić information content (AvgIpc) is 3.24. The second-order valence-corrected chi connectivity index (χ2v) is 8.52. The molecule has 0 atom stereocenters. The van der Waals surface area contributed by atoms with Gasteiger partial charge in [0, 0.05) is 39.0 Å². The summed E-state index contributed by atoms with van der Waals surface area (Å²) in [7, 11) is 1.61. The van der Waals surface area contributed by atoms with E-state index in [0.717, 1.165) is 31.4 Å². The van der Waals surface area contributed by atoms with E-state index in [1.807, 2.05) is 23.1 Å². The molecule has 148 valence electrons. The largest absolute Gasteiger partial charge is 0.343 e. The lowest BCUT2D eigenvalue weighted by atomic mass is 9.97. The van der Waals surface area contributed by atoms with Gasteiger partial charge in [0.1, 0.15) is 6.54 Å². The quantitative estimate of drug-likeness (QED) is 0.724. The zero-order valence-corrected chi connectivity index (χ0v) is 16.8. The van der Waals surface area contributed by atoms with Crippen molar-refractivity contribution in [1.82, 2.24) is 19.7 Å². The molecule has 3 heterocycles. The summed E-state index contributed by atoms with van der Waals surface area (Å²) in [5.41, 5.74) is 1.05. The molecule has 0 bridgehead atoms. The normalized spacial score (nSPS) is 18.5. The zero-order valence-electron chi connectivity index (χ0n) is 16.0. The van der Waals surface area contributed by atoms with Crippen molar-refractivity contribution in [3.8, 4) is 0 Å². The number of benzene rings is 1. The van der Waals surface area contributed by atoms with Gasteiger partial charge in [-0.1, -0.05) is 12.1 Å². The van der Waals surface area contributed by atoms with Crippen LogP contribution in [0, 0.1) is 0 Å². The highest BCUT2D eigenvalue weighted by Gasteiger charge is 2.33. The van der Waals surface area contributed by atoms with E-state index in [9.17, 15) is 14.4 Å². The smallest absolute Gasteiger partial charge is 0.326 e. The molecule has 0 aliphatic carbocycles. The van der Waals surface area contributed by atoms with Crippen LogP contribution >= 0.6 is 11.3 Å². The van der Waals surface area contributed by atoms with Gasteiger partial charge in [-0.05, 0) is 31.4 Å². The number of likely N-dealkylation sites (tertiary alicyclic amines) is 1. The number of imide groups is 1. The van der Waals surface area contributed by atoms with Crippen LogP contribution in [0.5, 0.6) is 0 Å². The highest BCUT2D eigenvalue weighted by molar-refractivity contribution is 7.18. The van der Waals surface area contributed by atoms with Crippen molar-refractivity contribution in [3.05, 3.63) is 29.3 Å². The Morgan fingerprint density at radius 3 is 2.64 bits per heavy atom. The maximum Gasteiger partial charge on any atom is 0.326 e. The van der Waals surface area contributed by atoms with Gasteiger partial charge < -0.3 is 9.80 Å². The molecule has 2 fully saturated rings. The molecule has 8 heteroatoms. The summed E-state index contributed by atoms with van der Waals surface area (Å²) in [5.74, 6) is 0.337. The fourth-order valence-electron chi connectivity index (χ4n) is 3.88. The third-order valence-electron chi connectivity index (χ3n) is 5.51. The van der Waals surface area contributed by atoms with Crippen LogP contribution in [0.25, 0.3) is 10.2 Å². The average molecular weight is 401 g/mol. The lowest BCUT2D eigenvalue weighted by Gasteiger charge is -2.31. The maximum atomic E-state index is 12.5. The van der Waals surface area contributed by atoms with Gasteiger partial charge in [-0.2, -0.15) is 0 Å². The predicted molar refractivity (Wildman–Crippen MR) is 107 cm³/mol. The van der Waals surface area contributed by atoms with Gasteiger partial charge in [-0.25, -0.2) is 9.78 Å². The number of para-hydroxylation sites is 1. The number of carbonyl (C=O) groups excluding carboxylic acids is 3. The lowest BCUT2D eigenvalue weighted by molar-refractivity contribution is -0.133. The number of hydrogen-bond acceptors (Lipinski definition) is 5. The minimum atomic E-state index is -0.269. The first-order valence-corrected chi connectivity index (χ1v) is 10.5. The number of fused-ring (bicyclic) bond motifs is 1. The molecule has 0 radical (unpaired) electrons. The fourth-order valence-corrected chi connectivity index (χ4v) is 5.01. The molecular formula is C20H24N4O3S. The first kappa shape index (κ1) is 18.9. The molecule has 0 spiro atoms. The maximum absolute atomic E-state index is 12.5. The number of likely N-dealkylation sites (N-methyl/N-ethyl adjacent to an activating group) is 1. The van der Waals surface area contributed by atoms with Crippen molar-refractivity contribution in [2.45, 2.75) is 31.6 Å². The number of rotatable bonds is 5. The summed E-state index contributed by atoms with van der Waals surface area (Å²) in [6.07, 6.45) is 2.74. The minimum Gasteiger partial charge on any atom is -0.343 e. The molecular weight excluding hydrogens is 376 g/mol. The van der Waals surface area contributed by atoms with E-state index >= 15 is 0 Å². The van der Waals surface area contributed by atoms with Gasteiger partial charge in [-0.15, -0.1) is 11.3 Å². The molecule has 28 heavy (non-hydrogen) atoms. The topological polar surface area (TPSA) is 73.8 Å². The molecule has 1 aromatic carbocycles. The van der Waals surface area contributed by atoms with Crippen LogP contribution in [0.4, 0.5) is 4.79 Å². The van der Waals surface area contributed by atoms with E-state index in [0.29, 0.717) is 25.3 Å². The van der Waals surface area contributed by atoms with E-state index < -0.39 is 0 Å². The van der Waals surface area contributed by atoms with Gasteiger partial charge in [0.15, 0.2) is 0 Å². The van der Waals surface area contributed by atoms with Crippen LogP contribution in [-0.2, 0) is 9.59 Å². The summed E-state index contributed by atoms with van der Waals surface area (Å²) in [5, 5.41) is 1.17. The van der Waals surface area contributed by atoms with Crippen molar-refractivity contribution in [3.63, 3.8) is 0 Å². The molecule has 2 aliphatic rings. The van der Waals surface area contributed by atoms with Crippen molar-refractivity contribution in [2.75, 3.05) is 33.2 Å². The van der Waals surface area contributed by atoms with Crippen LogP contribution in [-0.4, -0.2) is 70.8 Å². The van der Waals surface area contributed by atoms with Crippen molar-refractivity contribution in [2.24, 2.45) is 0 Å². The van der Waals surface area contributed by atoms with Crippen molar-refractivity contribution in [1.29, 1.82) is 0 Å². The summed E-state index contributed by atoms with van der Waals surface area (Å²) in [4.78, 5) is 45.4. The third-order valence-corrected chi connectivity index (χ3v) is 6.71. The first-order chi connectivity index (χ1) is 13.5. The van der Waals surface area contributed by atoms with Crippen LogP contribution in [0.1, 0.15) is 36.6 Å². The van der Waals surface area contributed by atoms with Crippen LogP contribution in [0.15, 0.2) is 24.3 Å². The van der Waals surface area contributed by atoms with Crippen LogP contribution < -0.4 is 0 Å². The van der Waals surface area contributed by atoms with E-state index in [1.54, 1.807) is 18.4 Å². The molecule has 2 aromatic rings. The molecule has 1 aromatic heterocycles. The number of urea groups is 1. The Bertz CT molecular complexity index is 871. The Morgan fingerprint density at radius 1 is 1.21 bits per heavy atom. The second kappa shape index (κ2) is 7.87. The molecule has 0 unspecified atom stereocenters. The van der Waals surface area contributed by atoms with E-state index in [1.165, 1.54) is 19.5 Å². The Kier molecular flexibility index (Phi) is 5.30. The molecule has 0 N–H and O–H groups in total. The van der Waals surface area contributed by atoms with Gasteiger partial charge in [-0.3, -0.25) is 14.5 Å². The van der Waals surface area contributed by atoms with Crippen LogP contribution in [0.2, 0.25) is 0 Å². The zero-order chi connectivity index (χ0) is 19.7. The molecule has 4 amide bonds. The SMILES string of the molecule is CN1CC(=O)N(CCCC(=O)N2CCC(c3nc4ccccc4s3)CC2)C1=O. The van der Waals surface area contributed by atoms with Gasteiger partial charge >= 0.3 is 6.03 Å². The Morgan fingerprint density at radius 2 is 1.96 bits per heavy atom. The monoisotopic (exact) mass is 400 g/mol. The van der Waals surface area contributed by atoms with Crippen molar-refractivity contribution >= 4 is 39.4 Å². The minimum absolute atomic E-state index is 0.107. The van der Waals surface area contributed by atoms with E-state index in [-0.39, 0.29) is 24.4 Å². The van der Waals surface area contributed by atoms with E-state index in [4.69, 9.17) is 4.98 Å². The number of aromatic nitrogens is 1. The molecule has 7 nitrogen and oxygen atoms in total. The predicted octanol–water partition coefficient (Wildman–Crippen LogP) is 2.68. The fraction of sp³-hybridized carbons (Fsp3) is 0.500. The summed E-state index contributed by atoms with van der Waals surface area (Å²) in [6.45, 7) is 1.93. The number of carbonyl (C=O) groups is 3. The Balaban J connectivity index is 1.25. The summed E-state index contributed by atoms with van der Waals surface area (Å²) in [6, 6.07) is 7.92. The summed E-state index contributed by atoms with van der Waals surface area (Å²) < 4.78 is 1.22. The number of hydrogen-bond donors (Lipinski definition) is 0. The number of thiazole rings is 1. The van der Waals surface area contributed by atoms with Crippen molar-refractivity contribution < 1.29 is 14.4 Å². The molecule has 0 saturated carbocycles. The van der Waals surface area contributed by atoms with Gasteiger partial charge in [0.05, 0.1) is 15.2 Å². The first-order valence-electron chi connectivity index (χ1n) is 9.71. The number of nitrogens with zero attached hydrogens (tertiary/aromatic N) is 4. The molecule has 2 aliphatic heterocycles. The third kappa shape index (κ3) is 3.73. The Hall–Kier alpha value is -2.48. The standard InChI is InChI=1S/C20H24N4O3S/c1-22-13-18(26)24(20(22)27)10-4-7-17(25)23-11-8-14(9-12-23)19-21-15-5-2-3-6-16(15)28-19/h2-3,5-6,14H,4,7-13H2,1H3. The second-order valence-electron chi connectivity index (χ2n) is 7.46. The lowest BCUT2D eigenvalue weighted by Crippen LogP contribution is -2.38.